The predicted molar refractivity (Wildman–Crippen MR) is 77.9 cm³/mol. The Morgan fingerprint density at radius 3 is 2.65 bits per heavy atom. The largest absolute Gasteiger partial charge is 0.505 e. The van der Waals surface area contributed by atoms with E-state index < -0.39 is 5.82 Å². The van der Waals surface area contributed by atoms with Crippen LogP contribution in [0.2, 0.25) is 0 Å². The topological polar surface area (TPSA) is 41.5 Å². The molecule has 20 heavy (non-hydrogen) atoms. The van der Waals surface area contributed by atoms with Gasteiger partial charge >= 0.3 is 0 Å². The smallest absolute Gasteiger partial charge is 0.171 e. The van der Waals surface area contributed by atoms with Crippen molar-refractivity contribution in [2.45, 2.75) is 20.5 Å². The van der Waals surface area contributed by atoms with Crippen molar-refractivity contribution in [1.82, 2.24) is 0 Å². The van der Waals surface area contributed by atoms with E-state index in [1.54, 1.807) is 19.9 Å². The predicted octanol–water partition coefficient (Wildman–Crippen LogP) is 3.77. The molecular formula is C16H18FNO2. The van der Waals surface area contributed by atoms with Crippen molar-refractivity contribution in [2.24, 2.45) is 0 Å². The zero-order valence-corrected chi connectivity index (χ0v) is 11.8. The highest BCUT2D eigenvalue weighted by Gasteiger charge is 2.13. The minimum Gasteiger partial charge on any atom is -0.505 e. The number of nitrogens with one attached hydrogen (secondary N) is 1. The molecule has 3 nitrogen and oxygen atoms in total. The number of anilines is 1. The lowest BCUT2D eigenvalue weighted by Gasteiger charge is -2.14. The van der Waals surface area contributed by atoms with E-state index in [1.807, 2.05) is 31.3 Å². The fraction of sp³-hybridized carbons (Fsp3) is 0.250. The van der Waals surface area contributed by atoms with Gasteiger partial charge in [0.1, 0.15) is 12.4 Å². The molecule has 0 heterocycles. The third-order valence-corrected chi connectivity index (χ3v) is 3.30. The Bertz CT molecular complexity index is 626. The second-order valence-electron chi connectivity index (χ2n) is 4.68. The molecule has 0 saturated heterocycles. The Balaban J connectivity index is 2.23. The number of phenols is 1. The Morgan fingerprint density at radius 1 is 1.25 bits per heavy atom. The monoisotopic (exact) mass is 275 g/mol. The Labute approximate surface area is 118 Å². The fourth-order valence-electron chi connectivity index (χ4n) is 2.03. The van der Waals surface area contributed by atoms with Gasteiger partial charge in [-0.1, -0.05) is 18.2 Å². The van der Waals surface area contributed by atoms with Gasteiger partial charge in [-0.05, 0) is 31.5 Å². The second kappa shape index (κ2) is 5.82. The van der Waals surface area contributed by atoms with E-state index in [0.29, 0.717) is 23.5 Å². The van der Waals surface area contributed by atoms with Gasteiger partial charge < -0.3 is 15.2 Å². The minimum atomic E-state index is -0.623. The van der Waals surface area contributed by atoms with E-state index in [4.69, 9.17) is 4.74 Å². The summed E-state index contributed by atoms with van der Waals surface area (Å²) in [5, 5.41) is 12.6. The van der Waals surface area contributed by atoms with Crippen LogP contribution < -0.4 is 10.1 Å². The highest BCUT2D eigenvalue weighted by atomic mass is 19.1. The summed E-state index contributed by atoms with van der Waals surface area (Å²) in [7, 11) is 1.84. The highest BCUT2D eigenvalue weighted by Crippen LogP contribution is 2.32. The van der Waals surface area contributed by atoms with Gasteiger partial charge in [-0.15, -0.1) is 0 Å². The number of halogens is 1. The van der Waals surface area contributed by atoms with Crippen LogP contribution in [0, 0.1) is 19.7 Å². The molecule has 0 atom stereocenters. The van der Waals surface area contributed by atoms with Crippen LogP contribution in [-0.2, 0) is 6.61 Å². The quantitative estimate of drug-likeness (QED) is 0.892. The van der Waals surface area contributed by atoms with Crippen molar-refractivity contribution in [3.05, 3.63) is 52.8 Å². The van der Waals surface area contributed by atoms with Gasteiger partial charge in [0.25, 0.3) is 0 Å². The van der Waals surface area contributed by atoms with E-state index in [0.717, 1.165) is 11.3 Å². The number of aromatic hydroxyl groups is 1. The Morgan fingerprint density at radius 2 is 1.95 bits per heavy atom. The first-order valence-corrected chi connectivity index (χ1v) is 6.41. The minimum absolute atomic E-state index is 0.314. The Kier molecular flexibility index (Phi) is 4.13. The van der Waals surface area contributed by atoms with Gasteiger partial charge in [0.15, 0.2) is 11.6 Å². The molecule has 2 aromatic carbocycles. The highest BCUT2D eigenvalue weighted by molar-refractivity contribution is 5.51. The molecule has 0 aliphatic carbocycles. The van der Waals surface area contributed by atoms with Crippen molar-refractivity contribution < 1.29 is 14.2 Å². The molecule has 2 aromatic rings. The number of benzene rings is 2. The first-order valence-electron chi connectivity index (χ1n) is 6.41. The molecule has 0 aliphatic rings. The van der Waals surface area contributed by atoms with Crippen LogP contribution in [0.5, 0.6) is 11.5 Å². The van der Waals surface area contributed by atoms with Crippen LogP contribution in [-0.4, -0.2) is 12.2 Å². The van der Waals surface area contributed by atoms with Crippen LogP contribution in [0.3, 0.4) is 0 Å². The number of aryl methyl sites for hydroxylation is 1. The maximum Gasteiger partial charge on any atom is 0.171 e. The molecule has 0 spiro atoms. The zero-order valence-electron chi connectivity index (χ0n) is 11.8. The SMILES string of the molecule is CNc1ccccc1COc1cc(C)c(O)c(F)c1C. The van der Waals surface area contributed by atoms with Crippen molar-refractivity contribution in [3.63, 3.8) is 0 Å². The molecule has 4 heteroatoms. The van der Waals surface area contributed by atoms with E-state index >= 15 is 0 Å². The number of hydrogen-bond donors (Lipinski definition) is 2. The van der Waals surface area contributed by atoms with Gasteiger partial charge in [0.2, 0.25) is 0 Å². The summed E-state index contributed by atoms with van der Waals surface area (Å²) in [4.78, 5) is 0. The lowest BCUT2D eigenvalue weighted by atomic mass is 10.1. The van der Waals surface area contributed by atoms with Crippen LogP contribution in [0.1, 0.15) is 16.7 Å². The van der Waals surface area contributed by atoms with Gasteiger partial charge in [0.05, 0.1) is 0 Å². The molecule has 0 fully saturated rings. The first-order chi connectivity index (χ1) is 9.54. The van der Waals surface area contributed by atoms with E-state index in [1.165, 1.54) is 0 Å². The van der Waals surface area contributed by atoms with Crippen molar-refractivity contribution in [2.75, 3.05) is 12.4 Å². The van der Waals surface area contributed by atoms with Crippen LogP contribution in [0.25, 0.3) is 0 Å². The summed E-state index contributed by atoms with van der Waals surface area (Å²) in [6, 6.07) is 9.41. The molecule has 0 aliphatic heterocycles. The van der Waals surface area contributed by atoms with Crippen molar-refractivity contribution in [1.29, 1.82) is 0 Å². The maximum atomic E-state index is 13.8. The molecule has 2 N–H and O–H groups in total. The van der Waals surface area contributed by atoms with Gasteiger partial charge in [-0.25, -0.2) is 4.39 Å². The maximum absolute atomic E-state index is 13.8. The summed E-state index contributed by atoms with van der Waals surface area (Å²) in [6.07, 6.45) is 0. The molecule has 2 rings (SSSR count). The molecule has 0 unspecified atom stereocenters. The third kappa shape index (κ3) is 2.69. The van der Waals surface area contributed by atoms with E-state index in [9.17, 15) is 9.50 Å². The molecular weight excluding hydrogens is 257 g/mol. The summed E-state index contributed by atoms with van der Waals surface area (Å²) in [5.41, 5.74) is 2.74. The number of rotatable bonds is 4. The number of ether oxygens (including phenoxy) is 1. The summed E-state index contributed by atoms with van der Waals surface area (Å²) in [5.74, 6) is -0.490. The van der Waals surface area contributed by atoms with Crippen LogP contribution in [0.15, 0.2) is 30.3 Å². The summed E-state index contributed by atoms with van der Waals surface area (Å²) >= 11 is 0. The summed E-state index contributed by atoms with van der Waals surface area (Å²) < 4.78 is 19.5. The summed E-state index contributed by atoms with van der Waals surface area (Å²) in [6.45, 7) is 3.57. The van der Waals surface area contributed by atoms with Crippen molar-refractivity contribution >= 4 is 5.69 Å². The average Bonchev–Trinajstić information content (AvgIpc) is 2.47. The van der Waals surface area contributed by atoms with Gasteiger partial charge in [-0.2, -0.15) is 0 Å². The standard InChI is InChI=1S/C16H18FNO2/c1-10-8-14(11(2)15(17)16(10)19)20-9-12-6-4-5-7-13(12)18-3/h4-8,18-19H,9H2,1-3H3. The zero-order chi connectivity index (χ0) is 14.7. The number of phenolic OH excluding ortho intramolecular Hbond substituents is 1. The van der Waals surface area contributed by atoms with Gasteiger partial charge in [-0.3, -0.25) is 0 Å². The average molecular weight is 275 g/mol. The third-order valence-electron chi connectivity index (χ3n) is 3.30. The lowest BCUT2D eigenvalue weighted by Crippen LogP contribution is -2.02. The molecule has 0 amide bonds. The molecule has 0 aromatic heterocycles. The molecule has 106 valence electrons. The Hall–Kier alpha value is -2.23. The normalized spacial score (nSPS) is 10.4. The van der Waals surface area contributed by atoms with Crippen molar-refractivity contribution in [3.8, 4) is 11.5 Å². The molecule has 0 saturated carbocycles. The molecule has 0 radical (unpaired) electrons. The molecule has 0 bridgehead atoms. The fourth-order valence-corrected chi connectivity index (χ4v) is 2.03. The van der Waals surface area contributed by atoms with Crippen LogP contribution >= 0.6 is 0 Å². The van der Waals surface area contributed by atoms with E-state index in [-0.39, 0.29) is 5.75 Å². The number of hydrogen-bond acceptors (Lipinski definition) is 3. The lowest BCUT2D eigenvalue weighted by molar-refractivity contribution is 0.300. The number of para-hydroxylation sites is 1. The second-order valence-corrected chi connectivity index (χ2v) is 4.68. The van der Waals surface area contributed by atoms with E-state index in [2.05, 4.69) is 5.32 Å². The van der Waals surface area contributed by atoms with Gasteiger partial charge in [0, 0.05) is 23.9 Å². The first kappa shape index (κ1) is 14.2. The van der Waals surface area contributed by atoms with Crippen LogP contribution in [0.4, 0.5) is 10.1 Å².